The number of hydrogen-bond donors (Lipinski definition) is 1. The molecule has 1 atom stereocenters. The van der Waals surface area contributed by atoms with Crippen LogP contribution in [0.2, 0.25) is 0 Å². The van der Waals surface area contributed by atoms with E-state index < -0.39 is 0 Å². The predicted molar refractivity (Wildman–Crippen MR) is 108 cm³/mol. The summed E-state index contributed by atoms with van der Waals surface area (Å²) in [6, 6.07) is 1.95. The fourth-order valence-electron chi connectivity index (χ4n) is 2.51. The maximum atomic E-state index is 11.8. The maximum Gasteiger partial charge on any atom is 0.243 e. The first kappa shape index (κ1) is 21.8. The van der Waals surface area contributed by atoms with Crippen LogP contribution in [0.5, 0.6) is 0 Å². The molecule has 0 spiro atoms. The summed E-state index contributed by atoms with van der Waals surface area (Å²) in [5.74, 6) is 1.56. The van der Waals surface area contributed by atoms with Gasteiger partial charge in [-0.25, -0.2) is 4.99 Å². The highest BCUT2D eigenvalue weighted by molar-refractivity contribution is 14.0. The summed E-state index contributed by atoms with van der Waals surface area (Å²) in [4.78, 5) is 19.8. The number of aliphatic imine (C=N–C) groups is 1. The molecule has 7 nitrogen and oxygen atoms in total. The third-order valence-electron chi connectivity index (χ3n) is 4.11. The van der Waals surface area contributed by atoms with Crippen molar-refractivity contribution in [2.75, 3.05) is 40.8 Å². The van der Waals surface area contributed by atoms with Crippen molar-refractivity contribution < 1.29 is 13.9 Å². The Morgan fingerprint density at radius 2 is 2.16 bits per heavy atom. The number of furan rings is 1. The molecule has 1 amide bonds. The average molecular weight is 464 g/mol. The monoisotopic (exact) mass is 464 g/mol. The predicted octanol–water partition coefficient (Wildman–Crippen LogP) is 1.85. The molecule has 0 saturated carbocycles. The Hall–Kier alpha value is -1.29. The van der Waals surface area contributed by atoms with Gasteiger partial charge in [0.25, 0.3) is 0 Å². The van der Waals surface area contributed by atoms with Gasteiger partial charge >= 0.3 is 0 Å². The zero-order chi connectivity index (χ0) is 17.5. The first-order valence-electron chi connectivity index (χ1n) is 8.31. The van der Waals surface area contributed by atoms with Crippen molar-refractivity contribution in [1.29, 1.82) is 0 Å². The van der Waals surface area contributed by atoms with E-state index in [1.807, 2.05) is 24.9 Å². The second-order valence-corrected chi connectivity index (χ2v) is 6.30. The molecule has 1 aromatic rings. The van der Waals surface area contributed by atoms with E-state index in [0.29, 0.717) is 19.0 Å². The van der Waals surface area contributed by atoms with E-state index >= 15 is 0 Å². The van der Waals surface area contributed by atoms with Gasteiger partial charge in [-0.2, -0.15) is 0 Å². The summed E-state index contributed by atoms with van der Waals surface area (Å²) in [5.41, 5.74) is 1.10. The molecule has 1 fully saturated rings. The van der Waals surface area contributed by atoms with E-state index in [0.717, 1.165) is 30.8 Å². The van der Waals surface area contributed by atoms with Gasteiger partial charge < -0.3 is 24.3 Å². The van der Waals surface area contributed by atoms with Gasteiger partial charge in [-0.05, 0) is 25.8 Å². The van der Waals surface area contributed by atoms with Gasteiger partial charge in [0.05, 0.1) is 12.4 Å². The molecule has 1 N–H and O–H groups in total. The molecule has 0 bridgehead atoms. The normalized spacial score (nSPS) is 17.1. The van der Waals surface area contributed by atoms with E-state index in [9.17, 15) is 4.79 Å². The molecule has 1 aromatic heterocycles. The minimum atomic E-state index is -0.0284. The molecular weight excluding hydrogens is 435 g/mol. The molecule has 8 heteroatoms. The number of carbonyl (C=O) groups is 1. The number of halogens is 1. The summed E-state index contributed by atoms with van der Waals surface area (Å²) in [7, 11) is 5.42. The largest absolute Gasteiger partial charge is 0.469 e. The quantitative estimate of drug-likeness (QED) is 0.396. The third kappa shape index (κ3) is 6.85. The Morgan fingerprint density at radius 1 is 1.40 bits per heavy atom. The van der Waals surface area contributed by atoms with Crippen molar-refractivity contribution in [3.8, 4) is 0 Å². The molecule has 0 aliphatic carbocycles. The number of rotatable bonds is 6. The molecular formula is C17H29IN4O3. The zero-order valence-corrected chi connectivity index (χ0v) is 17.8. The smallest absolute Gasteiger partial charge is 0.243 e. The van der Waals surface area contributed by atoms with Gasteiger partial charge in [-0.15, -0.1) is 24.0 Å². The standard InChI is InChI=1S/C17H28N4O3.HI/c1-13-14(7-9-23-13)12-21(4)17(19-11-16(22)20(2)3)18-10-15-6-5-8-24-15;/h7,9,15H,5-6,8,10-12H2,1-4H3,(H,18,19);1H. The Morgan fingerprint density at radius 3 is 2.72 bits per heavy atom. The van der Waals surface area contributed by atoms with E-state index in [1.54, 1.807) is 25.3 Å². The Kier molecular flexibility index (Phi) is 9.26. The molecule has 1 aliphatic heterocycles. The number of guanidine groups is 1. The van der Waals surface area contributed by atoms with Crippen molar-refractivity contribution in [2.24, 2.45) is 4.99 Å². The van der Waals surface area contributed by atoms with Gasteiger partial charge in [0.15, 0.2) is 5.96 Å². The molecule has 1 aliphatic rings. The second kappa shape index (κ2) is 10.6. The highest BCUT2D eigenvalue weighted by Crippen LogP contribution is 2.12. The number of aryl methyl sites for hydroxylation is 1. The van der Waals surface area contributed by atoms with E-state index in [4.69, 9.17) is 9.15 Å². The van der Waals surface area contributed by atoms with Crippen molar-refractivity contribution >= 4 is 35.8 Å². The summed E-state index contributed by atoms with van der Waals surface area (Å²) >= 11 is 0. The third-order valence-corrected chi connectivity index (χ3v) is 4.11. The lowest BCUT2D eigenvalue weighted by Crippen LogP contribution is -2.42. The van der Waals surface area contributed by atoms with Gasteiger partial charge in [0.2, 0.25) is 5.91 Å². The van der Waals surface area contributed by atoms with Crippen LogP contribution in [-0.4, -0.2) is 68.6 Å². The van der Waals surface area contributed by atoms with Gasteiger partial charge in [0.1, 0.15) is 12.3 Å². The van der Waals surface area contributed by atoms with Crippen LogP contribution < -0.4 is 5.32 Å². The van der Waals surface area contributed by atoms with Gasteiger partial charge in [0, 0.05) is 46.4 Å². The number of carbonyl (C=O) groups excluding carboxylic acids is 1. The highest BCUT2D eigenvalue weighted by Gasteiger charge is 2.18. The number of ether oxygens (including phenoxy) is 1. The molecule has 25 heavy (non-hydrogen) atoms. The highest BCUT2D eigenvalue weighted by atomic mass is 127. The topological polar surface area (TPSA) is 70.3 Å². The Labute approximate surface area is 166 Å². The fraction of sp³-hybridized carbons (Fsp3) is 0.647. The number of nitrogens with zero attached hydrogens (tertiary/aromatic N) is 3. The lowest BCUT2D eigenvalue weighted by molar-refractivity contribution is -0.127. The van der Waals surface area contributed by atoms with Crippen LogP contribution in [0.25, 0.3) is 0 Å². The lowest BCUT2D eigenvalue weighted by atomic mass is 10.2. The Balaban J connectivity index is 0.00000312. The molecule has 2 heterocycles. The van der Waals surface area contributed by atoms with Crippen molar-refractivity contribution in [3.63, 3.8) is 0 Å². The van der Waals surface area contributed by atoms with Crippen LogP contribution in [0.3, 0.4) is 0 Å². The van der Waals surface area contributed by atoms with Crippen molar-refractivity contribution in [2.45, 2.75) is 32.4 Å². The minimum absolute atomic E-state index is 0. The molecule has 2 rings (SSSR count). The minimum Gasteiger partial charge on any atom is -0.469 e. The molecule has 0 radical (unpaired) electrons. The van der Waals surface area contributed by atoms with Crippen LogP contribution in [0, 0.1) is 6.92 Å². The van der Waals surface area contributed by atoms with E-state index in [-0.39, 0.29) is 42.5 Å². The summed E-state index contributed by atoms with van der Waals surface area (Å²) in [5, 5.41) is 3.34. The first-order valence-corrected chi connectivity index (χ1v) is 8.31. The summed E-state index contributed by atoms with van der Waals surface area (Å²) < 4.78 is 11.0. The number of likely N-dealkylation sites (N-methyl/N-ethyl adjacent to an activating group) is 1. The SMILES string of the molecule is Cc1occc1CN(C)C(=NCC(=O)N(C)C)NCC1CCCO1.I. The number of amides is 1. The van der Waals surface area contributed by atoms with Crippen LogP contribution >= 0.6 is 24.0 Å². The van der Waals surface area contributed by atoms with Crippen molar-refractivity contribution in [3.05, 3.63) is 23.7 Å². The lowest BCUT2D eigenvalue weighted by Gasteiger charge is -2.23. The van der Waals surface area contributed by atoms with Gasteiger partial charge in [-0.1, -0.05) is 0 Å². The molecule has 1 unspecified atom stereocenters. The Bertz CT molecular complexity index is 568. The fourth-order valence-corrected chi connectivity index (χ4v) is 2.51. The second-order valence-electron chi connectivity index (χ2n) is 6.30. The van der Waals surface area contributed by atoms with Crippen LogP contribution in [-0.2, 0) is 16.1 Å². The molecule has 1 saturated heterocycles. The maximum absolute atomic E-state index is 11.8. The van der Waals surface area contributed by atoms with Crippen LogP contribution in [0.15, 0.2) is 21.7 Å². The molecule has 142 valence electrons. The van der Waals surface area contributed by atoms with E-state index in [1.165, 1.54) is 0 Å². The number of nitrogens with one attached hydrogen (secondary N) is 1. The van der Waals surface area contributed by atoms with Crippen LogP contribution in [0.1, 0.15) is 24.2 Å². The summed E-state index contributed by atoms with van der Waals surface area (Å²) in [6.45, 7) is 4.24. The van der Waals surface area contributed by atoms with Gasteiger partial charge in [-0.3, -0.25) is 4.79 Å². The number of hydrogen-bond acceptors (Lipinski definition) is 4. The summed E-state index contributed by atoms with van der Waals surface area (Å²) in [6.07, 6.45) is 4.05. The van der Waals surface area contributed by atoms with E-state index in [2.05, 4.69) is 10.3 Å². The molecule has 0 aromatic carbocycles. The first-order chi connectivity index (χ1) is 11.5. The zero-order valence-electron chi connectivity index (χ0n) is 15.4. The average Bonchev–Trinajstić information content (AvgIpc) is 3.19. The van der Waals surface area contributed by atoms with Crippen molar-refractivity contribution in [1.82, 2.24) is 15.1 Å². The van der Waals surface area contributed by atoms with Crippen LogP contribution in [0.4, 0.5) is 0 Å².